The van der Waals surface area contributed by atoms with Gasteiger partial charge in [0.1, 0.15) is 5.78 Å². The molecule has 0 aromatic rings. The van der Waals surface area contributed by atoms with Crippen LogP contribution in [-0.4, -0.2) is 35.5 Å². The second-order valence-corrected chi connectivity index (χ2v) is 3.80. The van der Waals surface area contributed by atoms with Gasteiger partial charge in [-0.15, -0.1) is 0 Å². The first-order chi connectivity index (χ1) is 5.77. The highest BCUT2D eigenvalue weighted by atomic mass is 16.1. The molecule has 0 saturated carbocycles. The number of Topliss-reactive ketones (excluding diaryl/α,β-unsaturated/α-hetero) is 1. The fraction of sp³-hybridized carbons (Fsp3) is 0.778. The molecule has 0 aromatic carbocycles. The standard InChI is InChI=1S/C9H14N2O/c10-7-9-3-1-4-11(9)5-2-8(12)6-9/h7,10H,1-6H2. The molecule has 2 fully saturated rings. The van der Waals surface area contributed by atoms with E-state index in [2.05, 4.69) is 4.90 Å². The minimum atomic E-state index is -0.171. The summed E-state index contributed by atoms with van der Waals surface area (Å²) in [6, 6.07) is 0. The summed E-state index contributed by atoms with van der Waals surface area (Å²) in [5, 5.41) is 7.39. The highest BCUT2D eigenvalue weighted by molar-refractivity contribution is 5.86. The third-order valence-electron chi connectivity index (χ3n) is 3.10. The lowest BCUT2D eigenvalue weighted by molar-refractivity contribution is -0.123. The zero-order chi connectivity index (χ0) is 8.60. The first-order valence-electron chi connectivity index (χ1n) is 4.55. The van der Waals surface area contributed by atoms with Gasteiger partial charge < -0.3 is 5.41 Å². The van der Waals surface area contributed by atoms with E-state index in [1.54, 1.807) is 0 Å². The van der Waals surface area contributed by atoms with Crippen LogP contribution < -0.4 is 0 Å². The Kier molecular flexibility index (Phi) is 1.76. The van der Waals surface area contributed by atoms with E-state index in [1.807, 2.05) is 0 Å². The molecule has 0 spiro atoms. The lowest BCUT2D eigenvalue weighted by atomic mass is 9.87. The Bertz CT molecular complexity index is 227. The summed E-state index contributed by atoms with van der Waals surface area (Å²) in [5.74, 6) is 0.330. The minimum Gasteiger partial charge on any atom is -0.311 e. The molecular formula is C9H14N2O. The summed E-state index contributed by atoms with van der Waals surface area (Å²) >= 11 is 0. The van der Waals surface area contributed by atoms with Crippen molar-refractivity contribution in [1.82, 2.24) is 4.90 Å². The summed E-state index contributed by atoms with van der Waals surface area (Å²) in [6.45, 7) is 1.94. The second kappa shape index (κ2) is 2.66. The molecule has 2 aliphatic rings. The Hall–Kier alpha value is -0.700. The quantitative estimate of drug-likeness (QED) is 0.586. The van der Waals surface area contributed by atoms with Gasteiger partial charge in [-0.25, -0.2) is 0 Å². The number of hydrogen-bond acceptors (Lipinski definition) is 3. The van der Waals surface area contributed by atoms with E-state index in [1.165, 1.54) is 6.21 Å². The molecule has 0 radical (unpaired) electrons. The molecule has 0 aliphatic carbocycles. The van der Waals surface area contributed by atoms with Gasteiger partial charge in [0.05, 0.1) is 5.54 Å². The zero-order valence-corrected chi connectivity index (χ0v) is 7.18. The van der Waals surface area contributed by atoms with Crippen molar-refractivity contribution in [2.24, 2.45) is 0 Å². The predicted molar refractivity (Wildman–Crippen MR) is 46.6 cm³/mol. The second-order valence-electron chi connectivity index (χ2n) is 3.80. The molecule has 3 heteroatoms. The van der Waals surface area contributed by atoms with Crippen LogP contribution in [0.1, 0.15) is 25.7 Å². The third kappa shape index (κ3) is 1.00. The number of ketones is 1. The van der Waals surface area contributed by atoms with E-state index >= 15 is 0 Å². The van der Waals surface area contributed by atoms with Gasteiger partial charge in [0.2, 0.25) is 0 Å². The molecule has 0 aromatic heterocycles. The van der Waals surface area contributed by atoms with E-state index in [0.29, 0.717) is 18.6 Å². The number of fused-ring (bicyclic) bond motifs is 1. The van der Waals surface area contributed by atoms with Crippen molar-refractivity contribution >= 4 is 12.0 Å². The van der Waals surface area contributed by atoms with Gasteiger partial charge in [-0.3, -0.25) is 9.69 Å². The van der Waals surface area contributed by atoms with Crippen molar-refractivity contribution in [2.75, 3.05) is 13.1 Å². The molecule has 3 nitrogen and oxygen atoms in total. The molecule has 2 aliphatic heterocycles. The van der Waals surface area contributed by atoms with Gasteiger partial charge >= 0.3 is 0 Å². The average molecular weight is 166 g/mol. The van der Waals surface area contributed by atoms with E-state index in [4.69, 9.17) is 5.41 Å². The van der Waals surface area contributed by atoms with Gasteiger partial charge in [-0.05, 0) is 19.4 Å². The third-order valence-corrected chi connectivity index (χ3v) is 3.10. The van der Waals surface area contributed by atoms with Crippen LogP contribution in [0.4, 0.5) is 0 Å². The van der Waals surface area contributed by atoms with Crippen molar-refractivity contribution in [3.8, 4) is 0 Å². The molecule has 1 unspecified atom stereocenters. The maximum absolute atomic E-state index is 11.2. The van der Waals surface area contributed by atoms with Crippen LogP contribution in [0.5, 0.6) is 0 Å². The summed E-state index contributed by atoms with van der Waals surface area (Å²) in [5.41, 5.74) is -0.171. The lowest BCUT2D eigenvalue weighted by Gasteiger charge is -2.38. The maximum atomic E-state index is 11.2. The number of hydrogen-bond donors (Lipinski definition) is 1. The number of nitrogens with one attached hydrogen (secondary N) is 1. The molecule has 2 saturated heterocycles. The number of carbonyl (C=O) groups excluding carboxylic acids is 1. The van der Waals surface area contributed by atoms with Crippen molar-refractivity contribution in [3.05, 3.63) is 0 Å². The first kappa shape index (κ1) is 7.92. The highest BCUT2D eigenvalue weighted by Gasteiger charge is 2.43. The fourth-order valence-corrected chi connectivity index (χ4v) is 2.40. The number of rotatable bonds is 1. The van der Waals surface area contributed by atoms with Crippen molar-refractivity contribution in [3.63, 3.8) is 0 Å². The fourth-order valence-electron chi connectivity index (χ4n) is 2.40. The summed E-state index contributed by atoms with van der Waals surface area (Å²) in [4.78, 5) is 13.5. The van der Waals surface area contributed by atoms with Gasteiger partial charge in [0, 0.05) is 25.6 Å². The minimum absolute atomic E-state index is 0.171. The molecule has 12 heavy (non-hydrogen) atoms. The van der Waals surface area contributed by atoms with Gasteiger partial charge in [-0.1, -0.05) is 0 Å². The topological polar surface area (TPSA) is 44.2 Å². The highest BCUT2D eigenvalue weighted by Crippen LogP contribution is 2.34. The Labute approximate surface area is 72.3 Å². The molecule has 1 atom stereocenters. The van der Waals surface area contributed by atoms with Crippen LogP contribution in [-0.2, 0) is 4.79 Å². The van der Waals surface area contributed by atoms with Crippen LogP contribution in [0, 0.1) is 5.41 Å². The van der Waals surface area contributed by atoms with Crippen molar-refractivity contribution in [1.29, 1.82) is 5.41 Å². The van der Waals surface area contributed by atoms with Crippen LogP contribution in [0.15, 0.2) is 0 Å². The van der Waals surface area contributed by atoms with Crippen LogP contribution >= 0.6 is 0 Å². The molecule has 1 N–H and O–H groups in total. The Balaban J connectivity index is 2.23. The Morgan fingerprint density at radius 2 is 2.33 bits per heavy atom. The molecule has 0 amide bonds. The smallest absolute Gasteiger partial charge is 0.136 e. The average Bonchev–Trinajstić information content (AvgIpc) is 2.47. The Morgan fingerprint density at radius 3 is 3.08 bits per heavy atom. The van der Waals surface area contributed by atoms with Gasteiger partial charge in [0.25, 0.3) is 0 Å². The zero-order valence-electron chi connectivity index (χ0n) is 7.18. The van der Waals surface area contributed by atoms with Crippen molar-refractivity contribution in [2.45, 2.75) is 31.2 Å². The summed E-state index contributed by atoms with van der Waals surface area (Å²) in [6.07, 6.45) is 4.90. The maximum Gasteiger partial charge on any atom is 0.136 e. The van der Waals surface area contributed by atoms with Gasteiger partial charge in [-0.2, -0.15) is 0 Å². The number of piperidine rings is 1. The molecular weight excluding hydrogens is 152 g/mol. The summed E-state index contributed by atoms with van der Waals surface area (Å²) in [7, 11) is 0. The van der Waals surface area contributed by atoms with Crippen LogP contribution in [0.3, 0.4) is 0 Å². The van der Waals surface area contributed by atoms with Gasteiger partial charge in [0.15, 0.2) is 0 Å². The summed E-state index contributed by atoms with van der Waals surface area (Å²) < 4.78 is 0. The van der Waals surface area contributed by atoms with Crippen molar-refractivity contribution < 1.29 is 4.79 Å². The number of nitrogens with zero attached hydrogens (tertiary/aromatic N) is 1. The largest absolute Gasteiger partial charge is 0.311 e. The molecule has 66 valence electrons. The molecule has 0 bridgehead atoms. The van der Waals surface area contributed by atoms with E-state index in [9.17, 15) is 4.79 Å². The lowest BCUT2D eigenvalue weighted by Crippen LogP contribution is -2.51. The van der Waals surface area contributed by atoms with E-state index < -0.39 is 0 Å². The molecule has 2 rings (SSSR count). The number of carbonyl (C=O) groups is 1. The SMILES string of the molecule is N=CC12CCCN1CCC(=O)C2. The van der Waals surface area contributed by atoms with E-state index in [0.717, 1.165) is 25.9 Å². The first-order valence-corrected chi connectivity index (χ1v) is 4.55. The van der Waals surface area contributed by atoms with Crippen LogP contribution in [0.25, 0.3) is 0 Å². The normalized spacial score (nSPS) is 36.5. The predicted octanol–water partition coefficient (Wildman–Crippen LogP) is 0.833. The van der Waals surface area contributed by atoms with Crippen LogP contribution in [0.2, 0.25) is 0 Å². The monoisotopic (exact) mass is 166 g/mol. The Morgan fingerprint density at radius 1 is 1.50 bits per heavy atom. The van der Waals surface area contributed by atoms with E-state index in [-0.39, 0.29) is 5.54 Å². The molecule has 2 heterocycles.